The first kappa shape index (κ1) is 64.8. The van der Waals surface area contributed by atoms with Crippen LogP contribution in [0.15, 0.2) is 72.9 Å². The van der Waals surface area contributed by atoms with Gasteiger partial charge in [-0.1, -0.05) is 248 Å². The lowest BCUT2D eigenvalue weighted by Crippen LogP contribution is -2.30. The summed E-state index contributed by atoms with van der Waals surface area (Å²) in [7, 11) is 0. The van der Waals surface area contributed by atoms with Crippen molar-refractivity contribution in [1.82, 2.24) is 0 Å². The number of carbonyl (C=O) groups is 3. The van der Waals surface area contributed by atoms with Gasteiger partial charge in [-0.2, -0.15) is 0 Å². The summed E-state index contributed by atoms with van der Waals surface area (Å²) in [6, 6.07) is 0. The van der Waals surface area contributed by atoms with Crippen molar-refractivity contribution < 1.29 is 28.6 Å². The molecule has 0 bridgehead atoms. The third-order valence-corrected chi connectivity index (χ3v) is 12.4. The summed E-state index contributed by atoms with van der Waals surface area (Å²) in [5, 5.41) is 0. The first-order valence-electron chi connectivity index (χ1n) is 28.9. The molecule has 0 saturated carbocycles. The molecule has 0 amide bonds. The SMILES string of the molecule is CC/C=C\C/C=C\C/C=C\C/C=C\C/C=C\CCCCCCCCCCCCCC(=O)OCC(COC(=O)CCCCCCCC)OC(=O)CCCCCCCCC/C=C\CCCCCCCC. The van der Waals surface area contributed by atoms with Crippen molar-refractivity contribution in [2.24, 2.45) is 0 Å². The number of unbranched alkanes of at least 4 members (excludes halogenated alkanes) is 29. The molecule has 0 aromatic heterocycles. The van der Waals surface area contributed by atoms with E-state index < -0.39 is 6.10 Å². The molecule has 6 nitrogen and oxygen atoms in total. The third-order valence-electron chi connectivity index (χ3n) is 12.4. The molecule has 0 aliphatic rings. The first-order chi connectivity index (χ1) is 33.5. The molecule has 68 heavy (non-hydrogen) atoms. The Morgan fingerprint density at radius 3 is 0.912 bits per heavy atom. The Kier molecular flexibility index (Phi) is 53.8. The largest absolute Gasteiger partial charge is 0.462 e. The van der Waals surface area contributed by atoms with E-state index in [-0.39, 0.29) is 31.1 Å². The minimum Gasteiger partial charge on any atom is -0.462 e. The van der Waals surface area contributed by atoms with E-state index in [0.29, 0.717) is 19.3 Å². The lowest BCUT2D eigenvalue weighted by atomic mass is 10.0. The molecule has 0 aromatic carbocycles. The summed E-state index contributed by atoms with van der Waals surface area (Å²) >= 11 is 0. The Balaban J connectivity index is 4.11. The van der Waals surface area contributed by atoms with Crippen LogP contribution in [0.3, 0.4) is 0 Å². The molecular formula is C62H108O6. The molecule has 0 aliphatic carbocycles. The summed E-state index contributed by atoms with van der Waals surface area (Å²) in [5.41, 5.74) is 0. The molecule has 0 N–H and O–H groups in total. The molecule has 0 rings (SSSR count). The minimum atomic E-state index is -0.774. The van der Waals surface area contributed by atoms with Crippen LogP contribution in [0.5, 0.6) is 0 Å². The maximum atomic E-state index is 12.8. The Morgan fingerprint density at radius 2 is 0.574 bits per heavy atom. The molecule has 0 heterocycles. The average Bonchev–Trinajstić information content (AvgIpc) is 3.34. The lowest BCUT2D eigenvalue weighted by Gasteiger charge is -2.18. The van der Waals surface area contributed by atoms with E-state index in [1.54, 1.807) is 0 Å². The average molecular weight is 950 g/mol. The van der Waals surface area contributed by atoms with E-state index in [9.17, 15) is 14.4 Å². The van der Waals surface area contributed by atoms with Crippen molar-refractivity contribution in [3.8, 4) is 0 Å². The smallest absolute Gasteiger partial charge is 0.306 e. The predicted molar refractivity (Wildman–Crippen MR) is 293 cm³/mol. The van der Waals surface area contributed by atoms with E-state index in [4.69, 9.17) is 14.2 Å². The van der Waals surface area contributed by atoms with Crippen LogP contribution in [-0.4, -0.2) is 37.2 Å². The van der Waals surface area contributed by atoms with Gasteiger partial charge >= 0.3 is 17.9 Å². The van der Waals surface area contributed by atoms with Crippen molar-refractivity contribution in [1.29, 1.82) is 0 Å². The molecule has 1 unspecified atom stereocenters. The van der Waals surface area contributed by atoms with Crippen LogP contribution in [0.1, 0.15) is 284 Å². The van der Waals surface area contributed by atoms with Gasteiger partial charge in [0.05, 0.1) is 0 Å². The van der Waals surface area contributed by atoms with Crippen molar-refractivity contribution in [3.63, 3.8) is 0 Å². The molecule has 0 aliphatic heterocycles. The molecule has 0 fully saturated rings. The lowest BCUT2D eigenvalue weighted by molar-refractivity contribution is -0.167. The molecule has 392 valence electrons. The summed E-state index contributed by atoms with van der Waals surface area (Å²) in [6.45, 7) is 6.47. The highest BCUT2D eigenvalue weighted by molar-refractivity contribution is 5.71. The van der Waals surface area contributed by atoms with Gasteiger partial charge in [-0.3, -0.25) is 14.4 Å². The Bertz CT molecular complexity index is 1270. The number of ether oxygens (including phenoxy) is 3. The molecule has 0 aromatic rings. The summed E-state index contributed by atoms with van der Waals surface area (Å²) in [4.78, 5) is 37.9. The number of hydrogen-bond donors (Lipinski definition) is 0. The number of rotatable bonds is 52. The van der Waals surface area contributed by atoms with Crippen molar-refractivity contribution in [2.75, 3.05) is 13.2 Å². The van der Waals surface area contributed by atoms with Gasteiger partial charge in [-0.15, -0.1) is 0 Å². The van der Waals surface area contributed by atoms with E-state index in [1.807, 2.05) is 0 Å². The molecule has 6 heteroatoms. The van der Waals surface area contributed by atoms with Crippen molar-refractivity contribution >= 4 is 17.9 Å². The number of carbonyl (C=O) groups excluding carboxylic acids is 3. The highest BCUT2D eigenvalue weighted by Gasteiger charge is 2.19. The zero-order valence-corrected chi connectivity index (χ0v) is 44.9. The van der Waals surface area contributed by atoms with Crippen LogP contribution in [0.4, 0.5) is 0 Å². The number of allylic oxidation sites excluding steroid dienone is 12. The van der Waals surface area contributed by atoms with Crippen LogP contribution in [0.2, 0.25) is 0 Å². The Hall–Kier alpha value is -3.15. The van der Waals surface area contributed by atoms with Crippen LogP contribution in [0, 0.1) is 0 Å². The maximum absolute atomic E-state index is 12.8. The topological polar surface area (TPSA) is 78.9 Å². The van der Waals surface area contributed by atoms with Gasteiger partial charge in [0, 0.05) is 19.3 Å². The highest BCUT2D eigenvalue weighted by atomic mass is 16.6. The number of esters is 3. The Morgan fingerprint density at radius 1 is 0.309 bits per heavy atom. The minimum absolute atomic E-state index is 0.0764. The maximum Gasteiger partial charge on any atom is 0.306 e. The van der Waals surface area contributed by atoms with Gasteiger partial charge in [0.2, 0.25) is 0 Å². The second-order valence-electron chi connectivity index (χ2n) is 19.2. The monoisotopic (exact) mass is 949 g/mol. The number of hydrogen-bond acceptors (Lipinski definition) is 6. The fourth-order valence-corrected chi connectivity index (χ4v) is 8.11. The fourth-order valence-electron chi connectivity index (χ4n) is 8.11. The zero-order valence-electron chi connectivity index (χ0n) is 44.9. The van der Waals surface area contributed by atoms with Crippen molar-refractivity contribution in [2.45, 2.75) is 290 Å². The first-order valence-corrected chi connectivity index (χ1v) is 28.9. The summed E-state index contributed by atoms with van der Waals surface area (Å²) in [6.07, 6.45) is 72.1. The Labute approximate surface area is 421 Å². The van der Waals surface area contributed by atoms with Gasteiger partial charge in [0.1, 0.15) is 13.2 Å². The van der Waals surface area contributed by atoms with Gasteiger partial charge in [0.25, 0.3) is 0 Å². The van der Waals surface area contributed by atoms with Crippen LogP contribution < -0.4 is 0 Å². The quantitative estimate of drug-likeness (QED) is 0.0262. The van der Waals surface area contributed by atoms with Crippen LogP contribution in [0.25, 0.3) is 0 Å². The highest BCUT2D eigenvalue weighted by Crippen LogP contribution is 2.15. The summed E-state index contributed by atoms with van der Waals surface area (Å²) < 4.78 is 16.8. The second kappa shape index (κ2) is 56.4. The normalized spacial score (nSPS) is 12.6. The van der Waals surface area contributed by atoms with Gasteiger partial charge in [0.15, 0.2) is 6.10 Å². The molecule has 1 atom stereocenters. The predicted octanol–water partition coefficient (Wildman–Crippen LogP) is 19.4. The van der Waals surface area contributed by atoms with E-state index in [1.165, 1.54) is 154 Å². The van der Waals surface area contributed by atoms with Gasteiger partial charge in [-0.05, 0) is 89.9 Å². The van der Waals surface area contributed by atoms with Crippen LogP contribution >= 0.6 is 0 Å². The van der Waals surface area contributed by atoms with E-state index in [2.05, 4.69) is 93.7 Å². The third kappa shape index (κ3) is 53.8. The van der Waals surface area contributed by atoms with Gasteiger partial charge in [-0.25, -0.2) is 0 Å². The molecular weight excluding hydrogens is 841 g/mol. The summed E-state index contributed by atoms with van der Waals surface area (Å²) in [5.74, 6) is -0.886. The molecule has 0 saturated heterocycles. The molecule has 0 spiro atoms. The van der Waals surface area contributed by atoms with E-state index in [0.717, 1.165) is 89.9 Å². The molecule has 0 radical (unpaired) electrons. The van der Waals surface area contributed by atoms with Crippen molar-refractivity contribution in [3.05, 3.63) is 72.9 Å². The van der Waals surface area contributed by atoms with Gasteiger partial charge < -0.3 is 14.2 Å². The standard InChI is InChI=1S/C62H108O6/c1-4-7-10-13-16-18-20-22-24-26-27-28-29-30-31-32-33-34-35-37-38-40-42-44-46-49-52-55-61(64)67-58-59(57-66-60(63)54-51-48-15-12-9-6-3)68-62(65)56-53-50-47-45-43-41-39-36-25-23-21-19-17-14-11-8-5-2/h7,10,16,18,22-25,27-28,30-31,59H,4-6,8-9,11-15,17,19-21,26,29,32-58H2,1-3H3/b10-7-,18-16-,24-22-,25-23-,28-27-,31-30-. The second-order valence-corrected chi connectivity index (χ2v) is 19.2. The zero-order chi connectivity index (χ0) is 49.3. The fraction of sp³-hybridized carbons (Fsp3) is 0.758. The van der Waals surface area contributed by atoms with E-state index >= 15 is 0 Å². The van der Waals surface area contributed by atoms with Crippen LogP contribution in [-0.2, 0) is 28.6 Å².